The molecule has 1 aliphatic heterocycles. The fraction of sp³-hybridized carbons (Fsp3) is 0.409. The quantitative estimate of drug-likeness (QED) is 0.707. The van der Waals surface area contributed by atoms with Gasteiger partial charge < -0.3 is 19.9 Å². The number of fused-ring (bicyclic) bond motifs is 1. The first kappa shape index (κ1) is 20.0. The fourth-order valence-electron chi connectivity index (χ4n) is 3.41. The molecule has 0 aromatic heterocycles. The van der Waals surface area contributed by atoms with Gasteiger partial charge in [-0.05, 0) is 56.2 Å². The summed E-state index contributed by atoms with van der Waals surface area (Å²) in [6.07, 6.45) is 1.72. The Bertz CT molecular complexity index is 767. The number of carbonyl (C=O) groups excluding carboxylic acids is 1. The van der Waals surface area contributed by atoms with E-state index in [4.69, 9.17) is 4.74 Å². The molecule has 0 fully saturated rings. The van der Waals surface area contributed by atoms with Gasteiger partial charge in [0.05, 0.1) is 18.8 Å². The van der Waals surface area contributed by atoms with Gasteiger partial charge in [0.2, 0.25) is 5.91 Å². The molecule has 0 spiro atoms. The highest BCUT2D eigenvalue weighted by Crippen LogP contribution is 2.30. The molecule has 0 unspecified atom stereocenters. The van der Waals surface area contributed by atoms with E-state index in [9.17, 15) is 9.18 Å². The summed E-state index contributed by atoms with van der Waals surface area (Å²) < 4.78 is 18.8. The first-order chi connectivity index (χ1) is 13.7. The number of carbonyl (C=O) groups is 1. The smallest absolute Gasteiger partial charge is 0.239 e. The van der Waals surface area contributed by atoms with Gasteiger partial charge in [-0.25, -0.2) is 4.39 Å². The molecule has 1 aliphatic rings. The van der Waals surface area contributed by atoms with Crippen LogP contribution in [0.15, 0.2) is 48.5 Å². The zero-order valence-corrected chi connectivity index (χ0v) is 16.4. The first-order valence-electron chi connectivity index (χ1n) is 9.91. The summed E-state index contributed by atoms with van der Waals surface area (Å²) in [6.45, 7) is 6.13. The molecule has 2 aromatic rings. The summed E-state index contributed by atoms with van der Waals surface area (Å²) in [5.41, 5.74) is 1.97. The Hall–Kier alpha value is -2.76. The molecule has 6 heteroatoms. The van der Waals surface area contributed by atoms with E-state index in [0.717, 1.165) is 49.6 Å². The van der Waals surface area contributed by atoms with Crippen LogP contribution in [0.3, 0.4) is 0 Å². The van der Waals surface area contributed by atoms with Crippen LogP contribution >= 0.6 is 0 Å². The summed E-state index contributed by atoms with van der Waals surface area (Å²) >= 11 is 0. The summed E-state index contributed by atoms with van der Waals surface area (Å²) in [6, 6.07) is 14.4. The predicted octanol–water partition coefficient (Wildman–Crippen LogP) is 3.45. The van der Waals surface area contributed by atoms with Crippen molar-refractivity contribution in [1.29, 1.82) is 0 Å². The number of amides is 1. The lowest BCUT2D eigenvalue weighted by Crippen LogP contribution is -2.38. The number of hydrogen-bond acceptors (Lipinski definition) is 4. The number of benzene rings is 2. The van der Waals surface area contributed by atoms with E-state index in [1.165, 1.54) is 12.1 Å². The van der Waals surface area contributed by atoms with Crippen molar-refractivity contribution >= 4 is 17.3 Å². The van der Waals surface area contributed by atoms with Crippen LogP contribution in [0.2, 0.25) is 0 Å². The molecular weight excluding hydrogens is 357 g/mol. The van der Waals surface area contributed by atoms with Gasteiger partial charge in [-0.2, -0.15) is 0 Å². The minimum absolute atomic E-state index is 0.0153. The maximum Gasteiger partial charge on any atom is 0.239 e. The van der Waals surface area contributed by atoms with Crippen LogP contribution in [-0.4, -0.2) is 45.2 Å². The van der Waals surface area contributed by atoms with E-state index in [-0.39, 0.29) is 11.7 Å². The highest BCUT2D eigenvalue weighted by Gasteiger charge is 2.18. The molecule has 5 nitrogen and oxygen atoms in total. The Morgan fingerprint density at radius 1 is 1.21 bits per heavy atom. The van der Waals surface area contributed by atoms with Gasteiger partial charge in [-0.1, -0.05) is 12.1 Å². The topological polar surface area (TPSA) is 44.8 Å². The maximum absolute atomic E-state index is 13.1. The SMILES string of the molecule is CCN(CCCNC(=O)CN1CCCOc2ccccc21)c1ccc(F)cc1. The van der Waals surface area contributed by atoms with Crippen molar-refractivity contribution < 1.29 is 13.9 Å². The van der Waals surface area contributed by atoms with E-state index < -0.39 is 0 Å². The van der Waals surface area contributed by atoms with Crippen molar-refractivity contribution in [3.8, 4) is 5.75 Å². The Morgan fingerprint density at radius 2 is 2.00 bits per heavy atom. The molecule has 0 saturated carbocycles. The second kappa shape index (κ2) is 9.97. The second-order valence-corrected chi connectivity index (χ2v) is 6.85. The molecule has 150 valence electrons. The van der Waals surface area contributed by atoms with E-state index >= 15 is 0 Å². The fourth-order valence-corrected chi connectivity index (χ4v) is 3.41. The number of nitrogens with zero attached hydrogens (tertiary/aromatic N) is 2. The van der Waals surface area contributed by atoms with Gasteiger partial charge in [0.25, 0.3) is 0 Å². The van der Waals surface area contributed by atoms with Crippen molar-refractivity contribution in [1.82, 2.24) is 5.32 Å². The summed E-state index contributed by atoms with van der Waals surface area (Å²) in [4.78, 5) is 16.7. The zero-order chi connectivity index (χ0) is 19.8. The first-order valence-corrected chi connectivity index (χ1v) is 9.91. The molecule has 0 aliphatic carbocycles. The molecule has 0 bridgehead atoms. The Labute approximate surface area is 166 Å². The van der Waals surface area contributed by atoms with Gasteiger partial charge in [0.1, 0.15) is 11.6 Å². The minimum atomic E-state index is -0.229. The average Bonchev–Trinajstić information content (AvgIpc) is 2.91. The number of halogens is 1. The number of rotatable bonds is 8. The molecule has 3 rings (SSSR count). The molecule has 0 radical (unpaired) electrons. The third kappa shape index (κ3) is 5.38. The molecule has 28 heavy (non-hydrogen) atoms. The van der Waals surface area contributed by atoms with Crippen molar-refractivity contribution in [3.63, 3.8) is 0 Å². The lowest BCUT2D eigenvalue weighted by atomic mass is 10.2. The highest BCUT2D eigenvalue weighted by atomic mass is 19.1. The third-order valence-corrected chi connectivity index (χ3v) is 4.87. The van der Waals surface area contributed by atoms with Crippen molar-refractivity contribution in [2.75, 3.05) is 49.1 Å². The number of ether oxygens (including phenoxy) is 1. The number of hydrogen-bond donors (Lipinski definition) is 1. The monoisotopic (exact) mass is 385 g/mol. The average molecular weight is 385 g/mol. The highest BCUT2D eigenvalue weighted by molar-refractivity contribution is 5.82. The number of para-hydroxylation sites is 2. The van der Waals surface area contributed by atoms with Crippen LogP contribution < -0.4 is 19.9 Å². The minimum Gasteiger partial charge on any atom is -0.491 e. The van der Waals surface area contributed by atoms with Gasteiger partial charge in [0.15, 0.2) is 0 Å². The maximum atomic E-state index is 13.1. The lowest BCUT2D eigenvalue weighted by molar-refractivity contribution is -0.119. The second-order valence-electron chi connectivity index (χ2n) is 6.85. The standard InChI is InChI=1S/C22H28FN3O2/c1-2-25(19-11-9-18(23)10-12-19)14-5-13-24-22(27)17-26-15-6-16-28-21-8-4-3-7-20(21)26/h3-4,7-12H,2,5-6,13-17H2,1H3,(H,24,27). The largest absolute Gasteiger partial charge is 0.491 e. The Morgan fingerprint density at radius 3 is 2.79 bits per heavy atom. The van der Waals surface area contributed by atoms with E-state index in [1.807, 2.05) is 24.3 Å². The van der Waals surface area contributed by atoms with Crippen molar-refractivity contribution in [3.05, 3.63) is 54.3 Å². The van der Waals surface area contributed by atoms with E-state index in [0.29, 0.717) is 19.7 Å². The van der Waals surface area contributed by atoms with Crippen LogP contribution in [0, 0.1) is 5.82 Å². The lowest BCUT2D eigenvalue weighted by Gasteiger charge is -2.24. The molecule has 1 amide bonds. The van der Waals surface area contributed by atoms with Gasteiger partial charge in [-0.3, -0.25) is 4.79 Å². The summed E-state index contributed by atoms with van der Waals surface area (Å²) in [5.74, 6) is 0.625. The predicted molar refractivity (Wildman–Crippen MR) is 111 cm³/mol. The molecule has 1 N–H and O–H groups in total. The van der Waals surface area contributed by atoms with E-state index in [1.54, 1.807) is 12.1 Å². The van der Waals surface area contributed by atoms with Crippen LogP contribution in [0.5, 0.6) is 5.75 Å². The summed E-state index contributed by atoms with van der Waals surface area (Å²) in [5, 5.41) is 3.01. The van der Waals surface area contributed by atoms with Crippen LogP contribution in [0.1, 0.15) is 19.8 Å². The molecule has 0 atom stereocenters. The van der Waals surface area contributed by atoms with Crippen LogP contribution in [-0.2, 0) is 4.79 Å². The molecule has 0 saturated heterocycles. The van der Waals surface area contributed by atoms with Crippen LogP contribution in [0.25, 0.3) is 0 Å². The third-order valence-electron chi connectivity index (χ3n) is 4.87. The van der Waals surface area contributed by atoms with E-state index in [2.05, 4.69) is 22.0 Å². The number of nitrogens with one attached hydrogen (secondary N) is 1. The molecular formula is C22H28FN3O2. The van der Waals surface area contributed by atoms with Crippen molar-refractivity contribution in [2.24, 2.45) is 0 Å². The van der Waals surface area contributed by atoms with Gasteiger partial charge in [0, 0.05) is 31.9 Å². The van der Waals surface area contributed by atoms with Crippen molar-refractivity contribution in [2.45, 2.75) is 19.8 Å². The number of anilines is 2. The zero-order valence-electron chi connectivity index (χ0n) is 16.4. The van der Waals surface area contributed by atoms with Gasteiger partial charge >= 0.3 is 0 Å². The Balaban J connectivity index is 1.45. The molecule has 1 heterocycles. The summed E-state index contributed by atoms with van der Waals surface area (Å²) in [7, 11) is 0. The Kier molecular flexibility index (Phi) is 7.12. The normalized spacial score (nSPS) is 13.3. The molecule has 2 aromatic carbocycles. The van der Waals surface area contributed by atoms with Gasteiger partial charge in [-0.15, -0.1) is 0 Å². The van der Waals surface area contributed by atoms with Crippen LogP contribution in [0.4, 0.5) is 15.8 Å².